The second-order valence-electron chi connectivity index (χ2n) is 5.16. The minimum atomic E-state index is -0.200. The molecule has 0 bridgehead atoms. The number of carbonyl (C=O) groups excluding carboxylic acids is 1. The van der Waals surface area contributed by atoms with E-state index in [4.69, 9.17) is 12.2 Å². The molecule has 0 fully saturated rings. The average Bonchev–Trinajstić information content (AvgIpc) is 2.97. The number of carbonyl (C=O) groups is 1. The van der Waals surface area contributed by atoms with E-state index in [9.17, 15) is 4.79 Å². The number of hydrogen-bond donors (Lipinski definition) is 2. The monoisotopic (exact) mass is 323 g/mol. The van der Waals surface area contributed by atoms with E-state index in [0.29, 0.717) is 10.5 Å². The van der Waals surface area contributed by atoms with E-state index in [1.807, 2.05) is 54.6 Å². The summed E-state index contributed by atoms with van der Waals surface area (Å²) in [6.45, 7) is 2.08. The topological polar surface area (TPSA) is 49.8 Å². The van der Waals surface area contributed by atoms with Gasteiger partial charge in [0.05, 0.1) is 0 Å². The molecular weight excluding hydrogens is 306 g/mol. The summed E-state index contributed by atoms with van der Waals surface area (Å²) in [6.07, 6.45) is 2.56. The summed E-state index contributed by atoms with van der Waals surface area (Å²) in [6, 6.07) is 17.4. The maximum Gasteiger partial charge on any atom is 0.274 e. The van der Waals surface area contributed by atoms with Gasteiger partial charge < -0.3 is 10.3 Å². The number of aromatic amines is 1. The highest BCUT2D eigenvalue weighted by Crippen LogP contribution is 2.16. The molecule has 0 aliphatic rings. The van der Waals surface area contributed by atoms with Crippen LogP contribution in [0.15, 0.2) is 60.8 Å². The van der Waals surface area contributed by atoms with E-state index >= 15 is 0 Å². The summed E-state index contributed by atoms with van der Waals surface area (Å²) in [5.74, 6) is -0.200. The molecule has 1 heterocycles. The number of imidazole rings is 1. The van der Waals surface area contributed by atoms with Crippen LogP contribution in [0.1, 0.15) is 23.0 Å². The van der Waals surface area contributed by atoms with E-state index in [0.717, 1.165) is 17.8 Å². The molecule has 0 aliphatic carbocycles. The van der Waals surface area contributed by atoms with Crippen LogP contribution in [0.5, 0.6) is 0 Å². The van der Waals surface area contributed by atoms with Gasteiger partial charge in [0.15, 0.2) is 4.77 Å². The number of hydrogen-bond acceptors (Lipinski definition) is 2. The Kier molecular flexibility index (Phi) is 4.39. The molecule has 4 nitrogen and oxygen atoms in total. The first kappa shape index (κ1) is 15.2. The number of nitrogens with one attached hydrogen (secondary N) is 2. The Morgan fingerprint density at radius 1 is 1.17 bits per heavy atom. The molecule has 1 amide bonds. The van der Waals surface area contributed by atoms with Crippen LogP contribution in [-0.2, 0) is 6.42 Å². The minimum Gasteiger partial charge on any atom is -0.336 e. The molecule has 0 saturated heterocycles. The standard InChI is InChI=1S/C18H17N3OS/c1-2-13-7-6-8-14(11-13)20-17(22)16-12-19-18(23)21(16)15-9-4-3-5-10-15/h3-12H,2H2,1H3,(H,19,23)(H,20,22). The first-order chi connectivity index (χ1) is 11.2. The Balaban J connectivity index is 1.93. The summed E-state index contributed by atoms with van der Waals surface area (Å²) >= 11 is 5.31. The Morgan fingerprint density at radius 2 is 1.96 bits per heavy atom. The van der Waals surface area contributed by atoms with Gasteiger partial charge in [-0.3, -0.25) is 9.36 Å². The third kappa shape index (κ3) is 3.24. The predicted octanol–water partition coefficient (Wildman–Crippen LogP) is 4.35. The minimum absolute atomic E-state index is 0.200. The number of aryl methyl sites for hydroxylation is 1. The quantitative estimate of drug-likeness (QED) is 0.701. The molecule has 23 heavy (non-hydrogen) atoms. The van der Waals surface area contributed by atoms with Crippen molar-refractivity contribution in [3.63, 3.8) is 0 Å². The fourth-order valence-electron chi connectivity index (χ4n) is 2.43. The Hall–Kier alpha value is -2.66. The van der Waals surface area contributed by atoms with Gasteiger partial charge in [-0.05, 0) is 48.5 Å². The zero-order valence-electron chi connectivity index (χ0n) is 12.7. The number of amides is 1. The van der Waals surface area contributed by atoms with E-state index in [1.54, 1.807) is 10.8 Å². The maximum absolute atomic E-state index is 12.6. The molecule has 2 N–H and O–H groups in total. The van der Waals surface area contributed by atoms with Gasteiger partial charge in [-0.15, -0.1) is 0 Å². The van der Waals surface area contributed by atoms with Crippen LogP contribution in [0.3, 0.4) is 0 Å². The van der Waals surface area contributed by atoms with Gasteiger partial charge >= 0.3 is 0 Å². The van der Waals surface area contributed by atoms with Crippen molar-refractivity contribution in [2.75, 3.05) is 5.32 Å². The number of rotatable bonds is 4. The van der Waals surface area contributed by atoms with E-state index in [1.165, 1.54) is 5.56 Å². The van der Waals surface area contributed by atoms with E-state index < -0.39 is 0 Å². The first-order valence-corrected chi connectivity index (χ1v) is 7.86. The van der Waals surface area contributed by atoms with Crippen LogP contribution in [-0.4, -0.2) is 15.5 Å². The molecule has 2 aromatic carbocycles. The molecule has 0 aliphatic heterocycles. The number of H-pyrrole nitrogens is 1. The van der Waals surface area contributed by atoms with Crippen LogP contribution in [0.4, 0.5) is 5.69 Å². The SMILES string of the molecule is CCc1cccc(NC(=O)c2c[nH]c(=S)n2-c2ccccc2)c1. The Labute approximate surface area is 139 Å². The van der Waals surface area contributed by atoms with Gasteiger partial charge in [0, 0.05) is 17.6 Å². The third-order valence-electron chi connectivity index (χ3n) is 3.62. The van der Waals surface area contributed by atoms with Crippen molar-refractivity contribution in [1.82, 2.24) is 9.55 Å². The van der Waals surface area contributed by atoms with E-state index in [-0.39, 0.29) is 5.91 Å². The fourth-order valence-corrected chi connectivity index (χ4v) is 2.70. The van der Waals surface area contributed by atoms with Crippen molar-refractivity contribution in [3.8, 4) is 5.69 Å². The lowest BCUT2D eigenvalue weighted by atomic mass is 10.1. The molecule has 1 aromatic heterocycles. The second-order valence-corrected chi connectivity index (χ2v) is 5.54. The van der Waals surface area contributed by atoms with Gasteiger partial charge in [-0.1, -0.05) is 37.3 Å². The van der Waals surface area contributed by atoms with Crippen molar-refractivity contribution in [1.29, 1.82) is 0 Å². The smallest absolute Gasteiger partial charge is 0.274 e. The molecule has 3 aromatic rings. The van der Waals surface area contributed by atoms with Crippen molar-refractivity contribution in [2.45, 2.75) is 13.3 Å². The summed E-state index contributed by atoms with van der Waals surface area (Å²) in [5.41, 5.74) is 3.28. The number of anilines is 1. The zero-order chi connectivity index (χ0) is 16.2. The summed E-state index contributed by atoms with van der Waals surface area (Å²) < 4.78 is 2.22. The number of nitrogens with zero attached hydrogens (tertiary/aromatic N) is 1. The zero-order valence-corrected chi connectivity index (χ0v) is 13.6. The molecule has 5 heteroatoms. The van der Waals surface area contributed by atoms with Gasteiger partial charge in [0.1, 0.15) is 5.69 Å². The van der Waals surface area contributed by atoms with Crippen LogP contribution in [0.2, 0.25) is 0 Å². The summed E-state index contributed by atoms with van der Waals surface area (Å²) in [5, 5.41) is 2.93. The van der Waals surface area contributed by atoms with Crippen molar-refractivity contribution in [2.24, 2.45) is 0 Å². The number of aromatic nitrogens is 2. The largest absolute Gasteiger partial charge is 0.336 e. The Bertz CT molecular complexity index is 881. The normalized spacial score (nSPS) is 10.5. The average molecular weight is 323 g/mol. The van der Waals surface area contributed by atoms with Crippen LogP contribution >= 0.6 is 12.2 Å². The number of para-hydroxylation sites is 1. The molecule has 3 rings (SSSR count). The highest BCUT2D eigenvalue weighted by atomic mass is 32.1. The van der Waals surface area contributed by atoms with Gasteiger partial charge in [0.2, 0.25) is 0 Å². The second kappa shape index (κ2) is 6.62. The Morgan fingerprint density at radius 3 is 2.70 bits per heavy atom. The molecule has 116 valence electrons. The summed E-state index contributed by atoms with van der Waals surface area (Å²) in [7, 11) is 0. The van der Waals surface area contributed by atoms with Crippen LogP contribution in [0.25, 0.3) is 5.69 Å². The van der Waals surface area contributed by atoms with Gasteiger partial charge in [-0.25, -0.2) is 0 Å². The van der Waals surface area contributed by atoms with Gasteiger partial charge in [-0.2, -0.15) is 0 Å². The maximum atomic E-state index is 12.6. The molecule has 0 spiro atoms. The van der Waals surface area contributed by atoms with Gasteiger partial charge in [0.25, 0.3) is 5.91 Å². The van der Waals surface area contributed by atoms with Crippen LogP contribution < -0.4 is 5.32 Å². The molecular formula is C18H17N3OS. The van der Waals surface area contributed by atoms with Crippen molar-refractivity contribution < 1.29 is 4.79 Å². The van der Waals surface area contributed by atoms with Crippen LogP contribution in [0, 0.1) is 4.77 Å². The molecule has 0 radical (unpaired) electrons. The third-order valence-corrected chi connectivity index (χ3v) is 3.92. The summed E-state index contributed by atoms with van der Waals surface area (Å²) in [4.78, 5) is 15.6. The lowest BCUT2D eigenvalue weighted by molar-refractivity contribution is 0.102. The lowest BCUT2D eigenvalue weighted by Gasteiger charge is -2.09. The molecule has 0 atom stereocenters. The molecule has 0 unspecified atom stereocenters. The van der Waals surface area contributed by atoms with Crippen molar-refractivity contribution in [3.05, 3.63) is 76.8 Å². The lowest BCUT2D eigenvalue weighted by Crippen LogP contribution is -2.16. The highest BCUT2D eigenvalue weighted by molar-refractivity contribution is 7.71. The van der Waals surface area contributed by atoms with E-state index in [2.05, 4.69) is 17.2 Å². The highest BCUT2D eigenvalue weighted by Gasteiger charge is 2.14. The first-order valence-electron chi connectivity index (χ1n) is 7.45. The van der Waals surface area contributed by atoms with Crippen molar-refractivity contribution >= 4 is 23.8 Å². The fraction of sp³-hybridized carbons (Fsp3) is 0.111. The number of benzene rings is 2. The predicted molar refractivity (Wildman–Crippen MR) is 94.7 cm³/mol. The molecule has 0 saturated carbocycles.